The third-order valence-corrected chi connectivity index (χ3v) is 1.49. The molecule has 0 radical (unpaired) electrons. The molecule has 0 amide bonds. The zero-order valence-electron chi connectivity index (χ0n) is 5.83. The lowest BCUT2D eigenvalue weighted by Gasteiger charge is -2.04. The second-order valence-corrected chi connectivity index (χ2v) is 3.85. The summed E-state index contributed by atoms with van der Waals surface area (Å²) in [5.74, 6) is 0. The van der Waals surface area contributed by atoms with E-state index in [1.165, 1.54) is 6.66 Å². The Labute approximate surface area is 72.4 Å². The van der Waals surface area contributed by atoms with Gasteiger partial charge in [0.25, 0.3) is 0 Å². The van der Waals surface area contributed by atoms with Gasteiger partial charge in [-0.3, -0.25) is 4.57 Å². The fourth-order valence-electron chi connectivity index (χ4n) is 0.378. The van der Waals surface area contributed by atoms with Gasteiger partial charge in [-0.15, -0.1) is 0 Å². The molecule has 0 aliphatic carbocycles. The van der Waals surface area contributed by atoms with Crippen molar-refractivity contribution in [3.63, 3.8) is 0 Å². The highest BCUT2D eigenvalue weighted by molar-refractivity contribution is 7.51. The molecular formula is C5H16AlO3P. The minimum absolute atomic E-state index is 0. The first-order chi connectivity index (χ1) is 4.06. The molecule has 1 unspecified atom stereocenters. The fourth-order valence-corrected chi connectivity index (χ4v) is 0.846. The number of hydrogen-bond donors (Lipinski definition) is 1. The SMILES string of the molecule is CCCCOP(C)(=O)O.[AlH3]. The molecule has 0 aromatic heterocycles. The molecule has 0 aliphatic heterocycles. The zero-order chi connectivity index (χ0) is 7.33. The van der Waals surface area contributed by atoms with E-state index in [0.717, 1.165) is 12.8 Å². The normalized spacial score (nSPS) is 15.5. The summed E-state index contributed by atoms with van der Waals surface area (Å²) in [7, 11) is -3.20. The molecular weight excluding hydrogens is 166 g/mol. The smallest absolute Gasteiger partial charge is 0.324 e. The monoisotopic (exact) mass is 182 g/mol. The van der Waals surface area contributed by atoms with E-state index in [4.69, 9.17) is 4.89 Å². The van der Waals surface area contributed by atoms with Crippen molar-refractivity contribution in [1.29, 1.82) is 0 Å². The van der Waals surface area contributed by atoms with Crippen LogP contribution in [0, 0.1) is 0 Å². The second-order valence-electron chi connectivity index (χ2n) is 1.99. The van der Waals surface area contributed by atoms with E-state index in [1.807, 2.05) is 6.92 Å². The maximum Gasteiger partial charge on any atom is 0.325 e. The van der Waals surface area contributed by atoms with Gasteiger partial charge in [-0.2, -0.15) is 0 Å². The Morgan fingerprint density at radius 2 is 2.10 bits per heavy atom. The van der Waals surface area contributed by atoms with Gasteiger partial charge in [-0.05, 0) is 6.42 Å². The number of unbranched alkanes of at least 4 members (excludes halogenated alkanes) is 1. The molecule has 5 heteroatoms. The summed E-state index contributed by atoms with van der Waals surface area (Å²) < 4.78 is 15.0. The lowest BCUT2D eigenvalue weighted by Crippen LogP contribution is -1.89. The standard InChI is InChI=1S/C5H13O3P.Al.3H/c1-3-4-5-8-9(2,6)7;;;;/h3-5H2,1-2H3,(H,6,7);;;;. The first kappa shape index (κ1) is 13.3. The second kappa shape index (κ2) is 6.40. The number of hydrogen-bond acceptors (Lipinski definition) is 2. The largest absolute Gasteiger partial charge is 0.325 e. The Bertz CT molecular complexity index is 111. The average Bonchev–Trinajstić information content (AvgIpc) is 1.63. The Balaban J connectivity index is 0. The van der Waals surface area contributed by atoms with Gasteiger partial charge in [-0.1, -0.05) is 13.3 Å². The van der Waals surface area contributed by atoms with E-state index in [0.29, 0.717) is 6.61 Å². The maximum atomic E-state index is 10.4. The highest BCUT2D eigenvalue weighted by Crippen LogP contribution is 2.36. The van der Waals surface area contributed by atoms with Crippen LogP contribution in [-0.2, 0) is 9.09 Å². The van der Waals surface area contributed by atoms with Gasteiger partial charge in [0.15, 0.2) is 17.4 Å². The molecule has 1 N–H and O–H groups in total. The van der Waals surface area contributed by atoms with Crippen molar-refractivity contribution in [3.05, 3.63) is 0 Å². The summed E-state index contributed by atoms with van der Waals surface area (Å²) in [5.41, 5.74) is 0. The Morgan fingerprint density at radius 3 is 2.40 bits per heavy atom. The lowest BCUT2D eigenvalue weighted by molar-refractivity contribution is 0.260. The van der Waals surface area contributed by atoms with Gasteiger partial charge in [0.2, 0.25) is 0 Å². The molecule has 0 aromatic rings. The van der Waals surface area contributed by atoms with Crippen molar-refractivity contribution >= 4 is 25.0 Å². The molecule has 10 heavy (non-hydrogen) atoms. The Kier molecular flexibility index (Phi) is 8.50. The van der Waals surface area contributed by atoms with Crippen LogP contribution < -0.4 is 0 Å². The predicted molar refractivity (Wildman–Crippen MR) is 46.5 cm³/mol. The molecule has 0 saturated heterocycles. The first-order valence-corrected chi connectivity index (χ1v) is 5.03. The molecule has 0 spiro atoms. The molecule has 0 saturated carbocycles. The quantitative estimate of drug-likeness (QED) is 0.389. The third-order valence-electron chi connectivity index (χ3n) is 0.829. The van der Waals surface area contributed by atoms with Crippen molar-refractivity contribution in [1.82, 2.24) is 0 Å². The van der Waals surface area contributed by atoms with Gasteiger partial charge in [0.05, 0.1) is 6.61 Å². The minimum atomic E-state index is -3.20. The molecule has 62 valence electrons. The fraction of sp³-hybridized carbons (Fsp3) is 1.00. The molecule has 1 atom stereocenters. The van der Waals surface area contributed by atoms with Crippen LogP contribution in [-0.4, -0.2) is 35.5 Å². The Hall–Kier alpha value is 0.682. The molecule has 3 nitrogen and oxygen atoms in total. The summed E-state index contributed by atoms with van der Waals surface area (Å²) >= 11 is 0. The highest BCUT2D eigenvalue weighted by Gasteiger charge is 2.07. The van der Waals surface area contributed by atoms with Crippen molar-refractivity contribution in [2.45, 2.75) is 19.8 Å². The summed E-state index contributed by atoms with van der Waals surface area (Å²) in [6.45, 7) is 3.59. The zero-order valence-corrected chi connectivity index (χ0v) is 6.73. The average molecular weight is 182 g/mol. The summed E-state index contributed by atoms with van der Waals surface area (Å²) in [6, 6.07) is 0. The molecule has 0 heterocycles. The van der Waals surface area contributed by atoms with Crippen LogP contribution in [0.2, 0.25) is 0 Å². The van der Waals surface area contributed by atoms with E-state index >= 15 is 0 Å². The van der Waals surface area contributed by atoms with Gasteiger partial charge in [0, 0.05) is 6.66 Å². The molecule has 0 rings (SSSR count). The van der Waals surface area contributed by atoms with Gasteiger partial charge >= 0.3 is 7.60 Å². The molecule has 0 fully saturated rings. The topological polar surface area (TPSA) is 46.5 Å². The first-order valence-electron chi connectivity index (χ1n) is 3.01. The van der Waals surface area contributed by atoms with Crippen LogP contribution in [0.1, 0.15) is 19.8 Å². The van der Waals surface area contributed by atoms with Crippen LogP contribution in [0.15, 0.2) is 0 Å². The van der Waals surface area contributed by atoms with E-state index in [9.17, 15) is 4.57 Å². The van der Waals surface area contributed by atoms with Gasteiger partial charge < -0.3 is 9.42 Å². The highest BCUT2D eigenvalue weighted by atomic mass is 31.2. The summed E-state index contributed by atoms with van der Waals surface area (Å²) in [4.78, 5) is 8.58. The predicted octanol–water partition coefficient (Wildman–Crippen LogP) is 0.434. The maximum absolute atomic E-state index is 10.4. The Morgan fingerprint density at radius 1 is 1.60 bits per heavy atom. The van der Waals surface area contributed by atoms with Crippen LogP contribution in [0.25, 0.3) is 0 Å². The van der Waals surface area contributed by atoms with Crippen LogP contribution in [0.5, 0.6) is 0 Å². The van der Waals surface area contributed by atoms with Crippen molar-refractivity contribution < 1.29 is 14.0 Å². The van der Waals surface area contributed by atoms with E-state index < -0.39 is 7.60 Å². The summed E-state index contributed by atoms with van der Waals surface area (Å²) in [6.07, 6.45) is 1.83. The lowest BCUT2D eigenvalue weighted by atomic mass is 10.4. The van der Waals surface area contributed by atoms with Crippen molar-refractivity contribution in [2.75, 3.05) is 13.3 Å². The third kappa shape index (κ3) is 11.5. The number of rotatable bonds is 4. The van der Waals surface area contributed by atoms with Gasteiger partial charge in [-0.25, -0.2) is 0 Å². The van der Waals surface area contributed by atoms with Crippen molar-refractivity contribution in [3.8, 4) is 0 Å². The molecule has 0 aromatic carbocycles. The van der Waals surface area contributed by atoms with Crippen LogP contribution in [0.4, 0.5) is 0 Å². The molecule has 0 aliphatic rings. The van der Waals surface area contributed by atoms with E-state index in [-0.39, 0.29) is 17.4 Å². The van der Waals surface area contributed by atoms with Crippen LogP contribution in [0.3, 0.4) is 0 Å². The molecule has 0 bridgehead atoms. The van der Waals surface area contributed by atoms with Crippen LogP contribution >= 0.6 is 7.60 Å². The van der Waals surface area contributed by atoms with E-state index in [1.54, 1.807) is 0 Å². The van der Waals surface area contributed by atoms with Crippen molar-refractivity contribution in [2.24, 2.45) is 0 Å². The minimum Gasteiger partial charge on any atom is -0.324 e. The van der Waals surface area contributed by atoms with E-state index in [2.05, 4.69) is 4.52 Å². The van der Waals surface area contributed by atoms with Gasteiger partial charge in [0.1, 0.15) is 0 Å². The summed E-state index contributed by atoms with van der Waals surface area (Å²) in [5, 5.41) is 0.